The molecular formula is C12H25N3. The first-order valence-electron chi connectivity index (χ1n) is 6.45. The number of likely N-dealkylation sites (N-methyl/N-ethyl adjacent to an activating group) is 1. The lowest BCUT2D eigenvalue weighted by molar-refractivity contribution is 0.179. The molecule has 1 unspecified atom stereocenters. The molecule has 2 fully saturated rings. The summed E-state index contributed by atoms with van der Waals surface area (Å²) < 4.78 is 0. The molecule has 1 saturated heterocycles. The molecule has 0 bridgehead atoms. The first kappa shape index (κ1) is 11.4. The third-order valence-corrected chi connectivity index (χ3v) is 4.37. The highest BCUT2D eigenvalue weighted by Gasteiger charge is 2.49. The van der Waals surface area contributed by atoms with Crippen LogP contribution in [0.1, 0.15) is 33.1 Å². The molecule has 0 amide bonds. The van der Waals surface area contributed by atoms with E-state index in [4.69, 9.17) is 5.73 Å². The predicted octanol–water partition coefficient (Wildman–Crippen LogP) is 0.894. The molecule has 1 atom stereocenters. The molecule has 1 aliphatic heterocycles. The third-order valence-electron chi connectivity index (χ3n) is 4.37. The van der Waals surface area contributed by atoms with Gasteiger partial charge in [-0.15, -0.1) is 0 Å². The van der Waals surface area contributed by atoms with Crippen LogP contribution in [-0.4, -0.2) is 54.1 Å². The average molecular weight is 211 g/mol. The van der Waals surface area contributed by atoms with Gasteiger partial charge in [-0.2, -0.15) is 0 Å². The van der Waals surface area contributed by atoms with Crippen LogP contribution in [0.25, 0.3) is 0 Å². The Morgan fingerprint density at radius 3 is 2.47 bits per heavy atom. The van der Waals surface area contributed by atoms with Crippen molar-refractivity contribution in [3.05, 3.63) is 0 Å². The molecule has 1 heterocycles. The summed E-state index contributed by atoms with van der Waals surface area (Å²) in [5.74, 6) is 0. The van der Waals surface area contributed by atoms with Crippen LogP contribution in [0.15, 0.2) is 0 Å². The SMILES string of the molecule is CCN(CC)C1CCN(C2(CN)CC2)C1. The van der Waals surface area contributed by atoms with E-state index < -0.39 is 0 Å². The van der Waals surface area contributed by atoms with E-state index in [1.807, 2.05) is 0 Å². The van der Waals surface area contributed by atoms with Gasteiger partial charge in [-0.1, -0.05) is 13.8 Å². The van der Waals surface area contributed by atoms with Crippen LogP contribution in [0.2, 0.25) is 0 Å². The molecule has 2 rings (SSSR count). The minimum absolute atomic E-state index is 0.419. The summed E-state index contributed by atoms with van der Waals surface area (Å²) in [5.41, 5.74) is 6.30. The molecule has 1 saturated carbocycles. The van der Waals surface area contributed by atoms with Crippen LogP contribution in [0.4, 0.5) is 0 Å². The zero-order chi connectivity index (χ0) is 10.9. The summed E-state index contributed by atoms with van der Waals surface area (Å²) in [4.78, 5) is 5.24. The Balaban J connectivity index is 1.89. The minimum Gasteiger partial charge on any atom is -0.329 e. The van der Waals surface area contributed by atoms with E-state index in [1.54, 1.807) is 0 Å². The van der Waals surface area contributed by atoms with Crippen molar-refractivity contribution >= 4 is 0 Å². The molecular weight excluding hydrogens is 186 g/mol. The van der Waals surface area contributed by atoms with Gasteiger partial charge < -0.3 is 5.73 Å². The quantitative estimate of drug-likeness (QED) is 0.733. The van der Waals surface area contributed by atoms with Crippen molar-refractivity contribution in [2.75, 3.05) is 32.7 Å². The number of rotatable bonds is 5. The maximum atomic E-state index is 5.88. The van der Waals surface area contributed by atoms with Crippen molar-refractivity contribution in [1.29, 1.82) is 0 Å². The molecule has 3 nitrogen and oxygen atoms in total. The monoisotopic (exact) mass is 211 g/mol. The molecule has 3 heteroatoms. The summed E-state index contributed by atoms with van der Waals surface area (Å²) in [5, 5.41) is 0. The van der Waals surface area contributed by atoms with Crippen molar-refractivity contribution in [2.24, 2.45) is 5.73 Å². The van der Waals surface area contributed by atoms with Crippen LogP contribution in [0, 0.1) is 0 Å². The Labute approximate surface area is 93.6 Å². The lowest BCUT2D eigenvalue weighted by Gasteiger charge is -2.29. The number of hydrogen-bond donors (Lipinski definition) is 1. The Hall–Kier alpha value is -0.120. The van der Waals surface area contributed by atoms with Crippen LogP contribution in [0.5, 0.6) is 0 Å². The fraction of sp³-hybridized carbons (Fsp3) is 1.00. The highest BCUT2D eigenvalue weighted by atomic mass is 15.3. The van der Waals surface area contributed by atoms with Gasteiger partial charge in [-0.25, -0.2) is 0 Å². The summed E-state index contributed by atoms with van der Waals surface area (Å²) in [6.45, 7) is 10.3. The lowest BCUT2D eigenvalue weighted by atomic mass is 10.2. The number of nitrogens with zero attached hydrogens (tertiary/aromatic N) is 2. The number of likely N-dealkylation sites (tertiary alicyclic amines) is 1. The zero-order valence-electron chi connectivity index (χ0n) is 10.2. The van der Waals surface area contributed by atoms with E-state index in [-0.39, 0.29) is 0 Å². The van der Waals surface area contributed by atoms with Gasteiger partial charge in [0.05, 0.1) is 0 Å². The van der Waals surface area contributed by atoms with Gasteiger partial charge in [0.15, 0.2) is 0 Å². The molecule has 2 aliphatic rings. The van der Waals surface area contributed by atoms with E-state index in [2.05, 4.69) is 23.6 Å². The van der Waals surface area contributed by atoms with Gasteiger partial charge in [0.1, 0.15) is 0 Å². The van der Waals surface area contributed by atoms with Crippen LogP contribution in [0.3, 0.4) is 0 Å². The second-order valence-electron chi connectivity index (χ2n) is 5.04. The van der Waals surface area contributed by atoms with Gasteiger partial charge >= 0.3 is 0 Å². The molecule has 0 aromatic heterocycles. The number of nitrogens with two attached hydrogens (primary N) is 1. The van der Waals surface area contributed by atoms with E-state index in [0.717, 1.165) is 12.6 Å². The topological polar surface area (TPSA) is 32.5 Å². The third kappa shape index (κ3) is 2.05. The normalized spacial score (nSPS) is 30.0. The predicted molar refractivity (Wildman–Crippen MR) is 63.9 cm³/mol. The molecule has 88 valence electrons. The summed E-state index contributed by atoms with van der Waals surface area (Å²) in [7, 11) is 0. The van der Waals surface area contributed by atoms with E-state index >= 15 is 0 Å². The largest absolute Gasteiger partial charge is 0.329 e. The van der Waals surface area contributed by atoms with Crippen LogP contribution >= 0.6 is 0 Å². The molecule has 2 N–H and O–H groups in total. The highest BCUT2D eigenvalue weighted by Crippen LogP contribution is 2.42. The van der Waals surface area contributed by atoms with E-state index in [0.29, 0.717) is 5.54 Å². The van der Waals surface area contributed by atoms with Gasteiger partial charge in [0.25, 0.3) is 0 Å². The first-order valence-corrected chi connectivity index (χ1v) is 6.45. The Bertz CT molecular complexity index is 209. The maximum Gasteiger partial charge on any atom is 0.0333 e. The van der Waals surface area contributed by atoms with E-state index in [1.165, 1.54) is 45.4 Å². The maximum absolute atomic E-state index is 5.88. The average Bonchev–Trinajstić information content (AvgIpc) is 2.93. The van der Waals surface area contributed by atoms with Crippen molar-refractivity contribution in [1.82, 2.24) is 9.80 Å². The standard InChI is InChI=1S/C12H25N3/c1-3-14(4-2)11-5-8-15(9-11)12(10-13)6-7-12/h11H,3-10,13H2,1-2H3. The minimum atomic E-state index is 0.419. The fourth-order valence-corrected chi connectivity index (χ4v) is 3.00. The van der Waals surface area contributed by atoms with Crippen molar-refractivity contribution in [2.45, 2.75) is 44.7 Å². The molecule has 1 aliphatic carbocycles. The van der Waals surface area contributed by atoms with Gasteiger partial charge in [0.2, 0.25) is 0 Å². The molecule has 0 aromatic rings. The van der Waals surface area contributed by atoms with Gasteiger partial charge in [-0.05, 0) is 32.4 Å². The molecule has 15 heavy (non-hydrogen) atoms. The van der Waals surface area contributed by atoms with Crippen molar-refractivity contribution in [3.8, 4) is 0 Å². The smallest absolute Gasteiger partial charge is 0.0333 e. The lowest BCUT2D eigenvalue weighted by Crippen LogP contribution is -2.44. The van der Waals surface area contributed by atoms with Gasteiger partial charge in [0, 0.05) is 31.2 Å². The summed E-state index contributed by atoms with van der Waals surface area (Å²) in [6.07, 6.45) is 3.99. The van der Waals surface area contributed by atoms with Crippen molar-refractivity contribution < 1.29 is 0 Å². The van der Waals surface area contributed by atoms with Crippen molar-refractivity contribution in [3.63, 3.8) is 0 Å². The highest BCUT2D eigenvalue weighted by molar-refractivity contribution is 5.07. The fourth-order valence-electron chi connectivity index (χ4n) is 3.00. The molecule has 0 spiro atoms. The second-order valence-corrected chi connectivity index (χ2v) is 5.04. The van der Waals surface area contributed by atoms with Gasteiger partial charge in [-0.3, -0.25) is 9.80 Å². The van der Waals surface area contributed by atoms with Crippen LogP contribution < -0.4 is 5.73 Å². The molecule has 0 aromatic carbocycles. The van der Waals surface area contributed by atoms with Crippen LogP contribution in [-0.2, 0) is 0 Å². The number of hydrogen-bond acceptors (Lipinski definition) is 3. The molecule has 0 radical (unpaired) electrons. The summed E-state index contributed by atoms with van der Waals surface area (Å²) >= 11 is 0. The second kappa shape index (κ2) is 4.40. The Morgan fingerprint density at radius 1 is 1.33 bits per heavy atom. The zero-order valence-corrected chi connectivity index (χ0v) is 10.2. The Morgan fingerprint density at radius 2 is 2.00 bits per heavy atom. The van der Waals surface area contributed by atoms with E-state index in [9.17, 15) is 0 Å². The Kier molecular flexibility index (Phi) is 3.33. The first-order chi connectivity index (χ1) is 7.25. The summed E-state index contributed by atoms with van der Waals surface area (Å²) in [6, 6.07) is 0.782.